The first-order valence-electron chi connectivity index (χ1n) is 6.52. The van der Waals surface area contributed by atoms with Crippen molar-refractivity contribution in [2.75, 3.05) is 12.4 Å². The molecule has 1 aromatic heterocycles. The second-order valence-corrected chi connectivity index (χ2v) is 4.91. The normalized spacial score (nSPS) is 14.5. The van der Waals surface area contributed by atoms with Crippen molar-refractivity contribution in [3.63, 3.8) is 0 Å². The van der Waals surface area contributed by atoms with Crippen molar-refractivity contribution < 1.29 is 4.39 Å². The molecule has 1 heterocycles. The molecule has 0 unspecified atom stereocenters. The maximum atomic E-state index is 14.0. The summed E-state index contributed by atoms with van der Waals surface area (Å²) >= 11 is 0. The Balaban J connectivity index is 2.19. The second-order valence-electron chi connectivity index (χ2n) is 4.91. The lowest BCUT2D eigenvalue weighted by molar-refractivity contribution is 0.630. The first kappa shape index (κ1) is 12.1. The van der Waals surface area contributed by atoms with E-state index in [1.165, 1.54) is 6.07 Å². The minimum Gasteiger partial charge on any atom is -0.373 e. The third-order valence-electron chi connectivity index (χ3n) is 3.47. The van der Waals surface area contributed by atoms with E-state index in [4.69, 9.17) is 0 Å². The van der Waals surface area contributed by atoms with Gasteiger partial charge >= 0.3 is 0 Å². The summed E-state index contributed by atoms with van der Waals surface area (Å²) in [5.41, 5.74) is 2.12. The Bertz CT molecular complexity index is 621. The molecule has 0 radical (unpaired) electrons. The molecule has 0 bridgehead atoms. The molecule has 1 aromatic carbocycles. The van der Waals surface area contributed by atoms with Gasteiger partial charge in [-0.15, -0.1) is 0 Å². The standard InChI is InChI=1S/C15H16FN3/c1-9-13(11-5-3-4-6-12(11)16)18-15(10-7-8-10)19-14(9)17-2/h3-6,10H,7-8H2,1-2H3,(H,17,18,19). The van der Waals surface area contributed by atoms with Crippen molar-refractivity contribution in [2.24, 2.45) is 0 Å². The third-order valence-corrected chi connectivity index (χ3v) is 3.47. The van der Waals surface area contributed by atoms with Crippen molar-refractivity contribution in [1.29, 1.82) is 0 Å². The molecule has 1 aliphatic rings. The summed E-state index contributed by atoms with van der Waals surface area (Å²) in [5.74, 6) is 1.81. The highest BCUT2D eigenvalue weighted by molar-refractivity contribution is 5.68. The smallest absolute Gasteiger partial charge is 0.134 e. The van der Waals surface area contributed by atoms with Crippen molar-refractivity contribution in [3.8, 4) is 11.3 Å². The summed E-state index contributed by atoms with van der Waals surface area (Å²) in [6.45, 7) is 1.92. The molecule has 98 valence electrons. The highest BCUT2D eigenvalue weighted by Gasteiger charge is 2.28. The lowest BCUT2D eigenvalue weighted by Gasteiger charge is -2.12. The van der Waals surface area contributed by atoms with Crippen LogP contribution in [-0.4, -0.2) is 17.0 Å². The summed E-state index contributed by atoms with van der Waals surface area (Å²) in [7, 11) is 1.83. The number of hydrogen-bond donors (Lipinski definition) is 1. The molecule has 0 saturated heterocycles. The molecule has 1 aliphatic carbocycles. The highest BCUT2D eigenvalue weighted by Crippen LogP contribution is 2.40. The molecule has 19 heavy (non-hydrogen) atoms. The number of halogens is 1. The van der Waals surface area contributed by atoms with Gasteiger partial charge in [0.25, 0.3) is 0 Å². The number of nitrogens with zero attached hydrogens (tertiary/aromatic N) is 2. The molecule has 4 heteroatoms. The molecule has 0 atom stereocenters. The van der Waals surface area contributed by atoms with Crippen LogP contribution in [0.1, 0.15) is 30.1 Å². The van der Waals surface area contributed by atoms with Crippen LogP contribution >= 0.6 is 0 Å². The zero-order valence-corrected chi connectivity index (χ0v) is 11.1. The average molecular weight is 257 g/mol. The summed E-state index contributed by atoms with van der Waals surface area (Å²) in [5, 5.41) is 3.07. The Morgan fingerprint density at radius 3 is 2.58 bits per heavy atom. The predicted octanol–water partition coefficient (Wildman–Crippen LogP) is 3.51. The fraction of sp³-hybridized carbons (Fsp3) is 0.333. The zero-order valence-electron chi connectivity index (χ0n) is 11.1. The Morgan fingerprint density at radius 2 is 1.95 bits per heavy atom. The van der Waals surface area contributed by atoms with Crippen molar-refractivity contribution in [1.82, 2.24) is 9.97 Å². The Kier molecular flexibility index (Phi) is 2.93. The molecule has 0 amide bonds. The summed E-state index contributed by atoms with van der Waals surface area (Å²) in [6, 6.07) is 6.75. The fourth-order valence-electron chi connectivity index (χ4n) is 2.22. The SMILES string of the molecule is CNc1nc(C2CC2)nc(-c2ccccc2F)c1C. The van der Waals surface area contributed by atoms with E-state index in [0.717, 1.165) is 30.0 Å². The Morgan fingerprint density at radius 1 is 1.21 bits per heavy atom. The van der Waals surface area contributed by atoms with Crippen LogP contribution in [-0.2, 0) is 0 Å². The van der Waals surface area contributed by atoms with Gasteiger partial charge in [-0.2, -0.15) is 0 Å². The van der Waals surface area contributed by atoms with Crippen molar-refractivity contribution in [2.45, 2.75) is 25.7 Å². The van der Waals surface area contributed by atoms with E-state index >= 15 is 0 Å². The van der Waals surface area contributed by atoms with Gasteiger partial charge in [0.2, 0.25) is 0 Å². The molecule has 1 saturated carbocycles. The molecular formula is C15H16FN3. The van der Waals surface area contributed by atoms with E-state index in [9.17, 15) is 4.39 Å². The van der Waals surface area contributed by atoms with E-state index in [2.05, 4.69) is 15.3 Å². The second kappa shape index (κ2) is 4.61. The number of rotatable bonds is 3. The van der Waals surface area contributed by atoms with Gasteiger partial charge in [-0.3, -0.25) is 0 Å². The van der Waals surface area contributed by atoms with Crippen LogP contribution in [0.5, 0.6) is 0 Å². The Labute approximate surface area is 111 Å². The highest BCUT2D eigenvalue weighted by atomic mass is 19.1. The largest absolute Gasteiger partial charge is 0.373 e. The van der Waals surface area contributed by atoms with Gasteiger partial charge in [0.15, 0.2) is 0 Å². The molecule has 3 nitrogen and oxygen atoms in total. The van der Waals surface area contributed by atoms with Crippen LogP contribution in [0.4, 0.5) is 10.2 Å². The number of benzene rings is 1. The topological polar surface area (TPSA) is 37.8 Å². The number of nitrogens with one attached hydrogen (secondary N) is 1. The quantitative estimate of drug-likeness (QED) is 0.914. The first-order valence-corrected chi connectivity index (χ1v) is 6.52. The molecule has 1 N–H and O–H groups in total. The minimum absolute atomic E-state index is 0.242. The van der Waals surface area contributed by atoms with Gasteiger partial charge in [0.1, 0.15) is 17.5 Å². The average Bonchev–Trinajstić information content (AvgIpc) is 3.24. The van der Waals surface area contributed by atoms with Crippen LogP contribution in [0.25, 0.3) is 11.3 Å². The Hall–Kier alpha value is -1.97. The van der Waals surface area contributed by atoms with Gasteiger partial charge < -0.3 is 5.32 Å². The predicted molar refractivity (Wildman–Crippen MR) is 73.7 cm³/mol. The monoisotopic (exact) mass is 257 g/mol. The van der Waals surface area contributed by atoms with Gasteiger partial charge in [-0.1, -0.05) is 12.1 Å². The van der Waals surface area contributed by atoms with E-state index in [-0.39, 0.29) is 5.82 Å². The first-order chi connectivity index (χ1) is 9.20. The molecule has 3 rings (SSSR count). The summed E-state index contributed by atoms with van der Waals surface area (Å²) in [6.07, 6.45) is 2.26. The van der Waals surface area contributed by atoms with Crippen molar-refractivity contribution in [3.05, 3.63) is 41.5 Å². The third kappa shape index (κ3) is 2.18. The zero-order chi connectivity index (χ0) is 13.4. The van der Waals surface area contributed by atoms with Gasteiger partial charge in [0, 0.05) is 24.1 Å². The van der Waals surface area contributed by atoms with E-state index in [1.54, 1.807) is 12.1 Å². The van der Waals surface area contributed by atoms with Crippen LogP contribution < -0.4 is 5.32 Å². The van der Waals surface area contributed by atoms with Crippen LogP contribution in [0.15, 0.2) is 24.3 Å². The van der Waals surface area contributed by atoms with E-state index < -0.39 is 0 Å². The van der Waals surface area contributed by atoms with Crippen LogP contribution in [0.2, 0.25) is 0 Å². The molecule has 1 fully saturated rings. The number of hydrogen-bond acceptors (Lipinski definition) is 3. The van der Waals surface area contributed by atoms with Gasteiger partial charge in [0.05, 0.1) is 5.69 Å². The lowest BCUT2D eigenvalue weighted by Crippen LogP contribution is -2.05. The lowest BCUT2D eigenvalue weighted by atomic mass is 10.1. The maximum Gasteiger partial charge on any atom is 0.134 e. The fourth-order valence-corrected chi connectivity index (χ4v) is 2.22. The summed E-state index contributed by atoms with van der Waals surface area (Å²) < 4.78 is 14.0. The number of aromatic nitrogens is 2. The molecule has 2 aromatic rings. The van der Waals surface area contributed by atoms with E-state index in [1.807, 2.05) is 20.0 Å². The van der Waals surface area contributed by atoms with Crippen LogP contribution in [0.3, 0.4) is 0 Å². The maximum absolute atomic E-state index is 14.0. The van der Waals surface area contributed by atoms with E-state index in [0.29, 0.717) is 17.2 Å². The summed E-state index contributed by atoms with van der Waals surface area (Å²) in [4.78, 5) is 9.11. The van der Waals surface area contributed by atoms with Crippen molar-refractivity contribution >= 4 is 5.82 Å². The van der Waals surface area contributed by atoms with Gasteiger partial charge in [-0.05, 0) is 31.9 Å². The van der Waals surface area contributed by atoms with Crippen LogP contribution in [0, 0.1) is 12.7 Å². The molecular weight excluding hydrogens is 241 g/mol. The molecule has 0 spiro atoms. The molecule has 0 aliphatic heterocycles. The minimum atomic E-state index is -0.242. The van der Waals surface area contributed by atoms with Gasteiger partial charge in [-0.25, -0.2) is 14.4 Å². The number of anilines is 1.